The number of halogens is 2. The Kier molecular flexibility index (Phi) is 4.51. The fourth-order valence-corrected chi connectivity index (χ4v) is 2.55. The Morgan fingerprint density at radius 1 is 1.31 bits per heavy atom. The number of benzene rings is 1. The maximum absolute atomic E-state index is 5.99. The summed E-state index contributed by atoms with van der Waals surface area (Å²) in [6, 6.07) is 8.84. The predicted octanol–water partition coefficient (Wildman–Crippen LogP) is 3.93. The molecule has 0 radical (unpaired) electrons. The van der Waals surface area contributed by atoms with Gasteiger partial charge in [0.25, 0.3) is 0 Å². The van der Waals surface area contributed by atoms with Crippen molar-refractivity contribution in [2.75, 3.05) is 12.4 Å². The van der Waals surface area contributed by atoms with Crippen molar-refractivity contribution in [1.29, 1.82) is 0 Å². The van der Waals surface area contributed by atoms with Crippen LogP contribution in [0.4, 0.5) is 0 Å². The lowest BCUT2D eigenvalue weighted by molar-refractivity contribution is 0.127. The van der Waals surface area contributed by atoms with Gasteiger partial charge in [-0.05, 0) is 30.5 Å². The highest BCUT2D eigenvalue weighted by Crippen LogP contribution is 2.26. The third-order valence-electron chi connectivity index (χ3n) is 3.24. The molecule has 0 amide bonds. The topological polar surface area (TPSA) is 3.24 Å². The number of rotatable bonds is 5. The summed E-state index contributed by atoms with van der Waals surface area (Å²) in [5.41, 5.74) is 1.28. The van der Waals surface area contributed by atoms with E-state index >= 15 is 0 Å². The molecule has 0 heterocycles. The molecule has 1 aromatic rings. The first-order chi connectivity index (χ1) is 7.79. The van der Waals surface area contributed by atoms with Crippen LogP contribution in [0.3, 0.4) is 0 Å². The molecule has 88 valence electrons. The molecule has 0 aromatic heterocycles. The Morgan fingerprint density at radius 2 is 2.12 bits per heavy atom. The van der Waals surface area contributed by atoms with Gasteiger partial charge in [0.2, 0.25) is 0 Å². The second kappa shape index (κ2) is 5.90. The van der Waals surface area contributed by atoms with Gasteiger partial charge < -0.3 is 0 Å². The summed E-state index contributed by atoms with van der Waals surface area (Å²) in [6.45, 7) is 1.94. The molecule has 0 saturated heterocycles. The minimum Gasteiger partial charge on any atom is -0.295 e. The fraction of sp³-hybridized carbons (Fsp3) is 0.538. The maximum Gasteiger partial charge on any atom is 0.0409 e. The van der Waals surface area contributed by atoms with E-state index in [-0.39, 0.29) is 0 Å². The van der Waals surface area contributed by atoms with Gasteiger partial charge in [0.1, 0.15) is 0 Å². The Hall–Kier alpha value is -0.240. The van der Waals surface area contributed by atoms with Crippen molar-refractivity contribution in [3.63, 3.8) is 0 Å². The minimum atomic E-state index is 0.705. The summed E-state index contributed by atoms with van der Waals surface area (Å²) in [5.74, 6) is 0.705. The van der Waals surface area contributed by atoms with E-state index in [2.05, 4.69) is 11.0 Å². The number of alkyl halides is 1. The van der Waals surface area contributed by atoms with Gasteiger partial charge >= 0.3 is 0 Å². The van der Waals surface area contributed by atoms with Crippen LogP contribution in [-0.2, 0) is 6.54 Å². The van der Waals surface area contributed by atoms with Gasteiger partial charge in [-0.25, -0.2) is 0 Å². The Labute approximate surface area is 107 Å². The SMILES string of the molecule is ClCCN(Cc1cccc(Cl)c1)C1CCC1. The summed E-state index contributed by atoms with van der Waals surface area (Å²) < 4.78 is 0. The van der Waals surface area contributed by atoms with Gasteiger partial charge in [0.15, 0.2) is 0 Å². The van der Waals surface area contributed by atoms with Crippen molar-refractivity contribution in [3.8, 4) is 0 Å². The number of hydrogen-bond acceptors (Lipinski definition) is 1. The van der Waals surface area contributed by atoms with Crippen molar-refractivity contribution in [3.05, 3.63) is 34.9 Å². The first-order valence-corrected chi connectivity index (χ1v) is 6.75. The van der Waals surface area contributed by atoms with Crippen molar-refractivity contribution in [2.24, 2.45) is 0 Å². The summed E-state index contributed by atoms with van der Waals surface area (Å²) in [7, 11) is 0. The number of hydrogen-bond donors (Lipinski definition) is 0. The van der Waals surface area contributed by atoms with E-state index in [1.54, 1.807) is 0 Å². The molecule has 0 atom stereocenters. The lowest BCUT2D eigenvalue weighted by atomic mass is 9.91. The zero-order valence-corrected chi connectivity index (χ0v) is 10.8. The Balaban J connectivity index is 1.98. The Morgan fingerprint density at radius 3 is 2.69 bits per heavy atom. The zero-order valence-electron chi connectivity index (χ0n) is 9.33. The third-order valence-corrected chi connectivity index (χ3v) is 3.64. The molecule has 2 rings (SSSR count). The molecule has 1 nitrogen and oxygen atoms in total. The van der Waals surface area contributed by atoms with Gasteiger partial charge in [-0.1, -0.05) is 30.2 Å². The molecule has 0 spiro atoms. The van der Waals surface area contributed by atoms with Crippen molar-refractivity contribution in [1.82, 2.24) is 4.90 Å². The fourth-order valence-electron chi connectivity index (χ4n) is 2.12. The van der Waals surface area contributed by atoms with E-state index in [4.69, 9.17) is 23.2 Å². The van der Waals surface area contributed by atoms with Crippen LogP contribution in [0.15, 0.2) is 24.3 Å². The third kappa shape index (κ3) is 3.13. The second-order valence-electron chi connectivity index (χ2n) is 4.37. The largest absolute Gasteiger partial charge is 0.295 e. The highest BCUT2D eigenvalue weighted by molar-refractivity contribution is 6.30. The average Bonchev–Trinajstić information content (AvgIpc) is 2.15. The van der Waals surface area contributed by atoms with Crippen LogP contribution in [0, 0.1) is 0 Å². The van der Waals surface area contributed by atoms with Crippen molar-refractivity contribution >= 4 is 23.2 Å². The highest BCUT2D eigenvalue weighted by atomic mass is 35.5. The van der Waals surface area contributed by atoms with E-state index in [1.807, 2.05) is 18.2 Å². The predicted molar refractivity (Wildman–Crippen MR) is 70.2 cm³/mol. The van der Waals surface area contributed by atoms with Crippen LogP contribution < -0.4 is 0 Å². The standard InChI is InChI=1S/C13H17Cl2N/c14-7-8-16(13-5-2-6-13)10-11-3-1-4-12(15)9-11/h1,3-4,9,13H,2,5-8,10H2. The molecular weight excluding hydrogens is 241 g/mol. The molecule has 0 aliphatic heterocycles. The van der Waals surface area contributed by atoms with Gasteiger partial charge in [0.05, 0.1) is 0 Å². The monoisotopic (exact) mass is 257 g/mol. The first kappa shape index (κ1) is 12.2. The molecule has 0 unspecified atom stereocenters. The van der Waals surface area contributed by atoms with Gasteiger partial charge in [-0.2, -0.15) is 0 Å². The lowest BCUT2D eigenvalue weighted by Crippen LogP contribution is -2.40. The molecule has 0 N–H and O–H groups in total. The van der Waals surface area contributed by atoms with Gasteiger partial charge in [-0.3, -0.25) is 4.90 Å². The molecule has 1 aliphatic carbocycles. The van der Waals surface area contributed by atoms with Crippen molar-refractivity contribution in [2.45, 2.75) is 31.8 Å². The zero-order chi connectivity index (χ0) is 11.4. The molecule has 16 heavy (non-hydrogen) atoms. The first-order valence-electron chi connectivity index (χ1n) is 5.84. The minimum absolute atomic E-state index is 0.705. The molecule has 0 bridgehead atoms. The molecular formula is C13H17Cl2N. The summed E-state index contributed by atoms with van der Waals surface area (Å²) in [4.78, 5) is 2.47. The molecule has 1 aromatic carbocycles. The molecule has 1 aliphatic rings. The van der Waals surface area contributed by atoms with Crippen LogP contribution in [0.2, 0.25) is 5.02 Å². The molecule has 3 heteroatoms. The van der Waals surface area contributed by atoms with E-state index < -0.39 is 0 Å². The normalized spacial score (nSPS) is 16.4. The molecule has 1 saturated carbocycles. The quantitative estimate of drug-likeness (QED) is 0.723. The van der Waals surface area contributed by atoms with Crippen LogP contribution in [-0.4, -0.2) is 23.4 Å². The van der Waals surface area contributed by atoms with Gasteiger partial charge in [0, 0.05) is 30.0 Å². The second-order valence-corrected chi connectivity index (χ2v) is 5.19. The van der Waals surface area contributed by atoms with E-state index in [0.717, 1.165) is 24.2 Å². The smallest absolute Gasteiger partial charge is 0.0409 e. The van der Waals surface area contributed by atoms with Crippen molar-refractivity contribution < 1.29 is 0 Å². The average molecular weight is 258 g/mol. The van der Waals surface area contributed by atoms with Gasteiger partial charge in [-0.15, -0.1) is 11.6 Å². The van der Waals surface area contributed by atoms with Crippen LogP contribution in [0.5, 0.6) is 0 Å². The van der Waals surface area contributed by atoms with E-state index in [1.165, 1.54) is 24.8 Å². The maximum atomic E-state index is 5.99. The lowest BCUT2D eigenvalue weighted by Gasteiger charge is -2.37. The van der Waals surface area contributed by atoms with Crippen LogP contribution in [0.25, 0.3) is 0 Å². The summed E-state index contributed by atoms with van der Waals surface area (Å²) in [6.07, 6.45) is 3.99. The van der Waals surface area contributed by atoms with E-state index in [9.17, 15) is 0 Å². The molecule has 1 fully saturated rings. The Bertz CT molecular complexity index is 336. The summed E-state index contributed by atoms with van der Waals surface area (Å²) >= 11 is 11.8. The van der Waals surface area contributed by atoms with Crippen LogP contribution >= 0.6 is 23.2 Å². The van der Waals surface area contributed by atoms with E-state index in [0.29, 0.717) is 5.88 Å². The van der Waals surface area contributed by atoms with Crippen LogP contribution in [0.1, 0.15) is 24.8 Å². The highest BCUT2D eigenvalue weighted by Gasteiger charge is 2.24. The summed E-state index contributed by atoms with van der Waals surface area (Å²) in [5, 5.41) is 0.817. The number of nitrogens with zero attached hydrogens (tertiary/aromatic N) is 1.